The van der Waals surface area contributed by atoms with Gasteiger partial charge in [0, 0.05) is 15.9 Å². The van der Waals surface area contributed by atoms with E-state index < -0.39 is 5.82 Å². The van der Waals surface area contributed by atoms with Crippen LogP contribution in [-0.4, -0.2) is 5.78 Å². The van der Waals surface area contributed by atoms with Crippen molar-refractivity contribution in [1.29, 1.82) is 0 Å². The first-order valence-corrected chi connectivity index (χ1v) is 6.46. The average Bonchev–Trinajstić information content (AvgIpc) is 2.32. The van der Waals surface area contributed by atoms with E-state index in [1.807, 2.05) is 24.3 Å². The Bertz CT molecular complexity index is 598. The number of rotatable bonds is 3. The van der Waals surface area contributed by atoms with E-state index in [-0.39, 0.29) is 22.8 Å². The maximum Gasteiger partial charge on any atom is 0.170 e. The average molecular weight is 328 g/mol. The van der Waals surface area contributed by atoms with Gasteiger partial charge in [0.15, 0.2) is 5.78 Å². The fourth-order valence-corrected chi connectivity index (χ4v) is 2.21. The molecule has 0 aliphatic rings. The molecule has 0 N–H and O–H groups in total. The van der Waals surface area contributed by atoms with Crippen LogP contribution in [0.3, 0.4) is 0 Å². The number of carbonyl (C=O) groups excluding carboxylic acids is 1. The number of halogens is 3. The maximum absolute atomic E-state index is 13.6. The van der Waals surface area contributed by atoms with E-state index in [9.17, 15) is 9.18 Å². The van der Waals surface area contributed by atoms with Crippen molar-refractivity contribution < 1.29 is 9.18 Å². The maximum atomic E-state index is 13.6. The monoisotopic (exact) mass is 326 g/mol. The zero-order chi connectivity index (χ0) is 13.1. The minimum atomic E-state index is -0.584. The topological polar surface area (TPSA) is 17.1 Å². The number of ketones is 1. The lowest BCUT2D eigenvalue weighted by atomic mass is 10.0. The van der Waals surface area contributed by atoms with Crippen molar-refractivity contribution in [3.63, 3.8) is 0 Å². The fourth-order valence-electron chi connectivity index (χ4n) is 1.63. The molecular formula is C14H9BrClFO. The van der Waals surface area contributed by atoms with Crippen LogP contribution in [-0.2, 0) is 6.42 Å². The molecule has 0 saturated heterocycles. The Morgan fingerprint density at radius 2 is 1.94 bits per heavy atom. The predicted octanol–water partition coefficient (Wildman–Crippen LogP) is 4.67. The molecule has 0 aliphatic heterocycles. The lowest BCUT2D eigenvalue weighted by Crippen LogP contribution is -2.06. The third-order valence-electron chi connectivity index (χ3n) is 2.54. The summed E-state index contributed by atoms with van der Waals surface area (Å²) in [5, 5.41) is 0.282. The SMILES string of the molecule is O=C(Cc1ccccc1Br)c1ccc(Cl)cc1F. The van der Waals surface area contributed by atoms with E-state index in [1.54, 1.807) is 0 Å². The molecule has 0 saturated carbocycles. The smallest absolute Gasteiger partial charge is 0.170 e. The Hall–Kier alpha value is -1.19. The van der Waals surface area contributed by atoms with Gasteiger partial charge in [0.05, 0.1) is 5.56 Å². The minimum absolute atomic E-state index is 0.0650. The van der Waals surface area contributed by atoms with Crippen molar-refractivity contribution in [2.45, 2.75) is 6.42 Å². The molecular weight excluding hydrogens is 319 g/mol. The summed E-state index contributed by atoms with van der Waals surface area (Å²) < 4.78 is 14.4. The van der Waals surface area contributed by atoms with Crippen LogP contribution < -0.4 is 0 Å². The third-order valence-corrected chi connectivity index (χ3v) is 3.55. The van der Waals surface area contributed by atoms with Gasteiger partial charge in [-0.3, -0.25) is 4.79 Å². The molecule has 4 heteroatoms. The van der Waals surface area contributed by atoms with Crippen LogP contribution in [0.4, 0.5) is 4.39 Å². The first-order chi connectivity index (χ1) is 8.58. The van der Waals surface area contributed by atoms with Gasteiger partial charge < -0.3 is 0 Å². The van der Waals surface area contributed by atoms with Gasteiger partial charge in [-0.1, -0.05) is 45.7 Å². The summed E-state index contributed by atoms with van der Waals surface area (Å²) in [6, 6.07) is 11.5. The van der Waals surface area contributed by atoms with Gasteiger partial charge >= 0.3 is 0 Å². The molecule has 1 nitrogen and oxygen atoms in total. The highest BCUT2D eigenvalue weighted by Crippen LogP contribution is 2.20. The number of benzene rings is 2. The fraction of sp³-hybridized carbons (Fsp3) is 0.0714. The number of carbonyl (C=O) groups is 1. The molecule has 18 heavy (non-hydrogen) atoms. The summed E-state index contributed by atoms with van der Waals surface area (Å²) in [7, 11) is 0. The van der Waals surface area contributed by atoms with Gasteiger partial charge in [-0.2, -0.15) is 0 Å². The largest absolute Gasteiger partial charge is 0.294 e. The highest BCUT2D eigenvalue weighted by Gasteiger charge is 2.13. The number of hydrogen-bond acceptors (Lipinski definition) is 1. The number of Topliss-reactive ketones (excluding diaryl/α,β-unsaturated/α-hetero) is 1. The molecule has 0 aliphatic carbocycles. The first-order valence-electron chi connectivity index (χ1n) is 5.29. The van der Waals surface area contributed by atoms with E-state index in [0.717, 1.165) is 16.1 Å². The van der Waals surface area contributed by atoms with Crippen molar-refractivity contribution in [3.05, 3.63) is 68.9 Å². The molecule has 2 aromatic rings. The zero-order valence-electron chi connectivity index (χ0n) is 9.29. The Morgan fingerprint density at radius 1 is 1.22 bits per heavy atom. The zero-order valence-corrected chi connectivity index (χ0v) is 11.6. The molecule has 0 bridgehead atoms. The molecule has 92 valence electrons. The van der Waals surface area contributed by atoms with Gasteiger partial charge in [-0.15, -0.1) is 0 Å². The minimum Gasteiger partial charge on any atom is -0.294 e. The summed E-state index contributed by atoms with van der Waals surface area (Å²) in [6.07, 6.45) is 0.153. The molecule has 0 fully saturated rings. The molecule has 0 heterocycles. The van der Waals surface area contributed by atoms with Crippen LogP contribution in [0.1, 0.15) is 15.9 Å². The second-order valence-corrected chi connectivity index (χ2v) is 5.11. The molecule has 0 radical (unpaired) electrons. The van der Waals surface area contributed by atoms with Gasteiger partial charge in [0.2, 0.25) is 0 Å². The van der Waals surface area contributed by atoms with Crippen molar-refractivity contribution >= 4 is 33.3 Å². The van der Waals surface area contributed by atoms with Gasteiger partial charge in [-0.25, -0.2) is 4.39 Å². The Morgan fingerprint density at radius 3 is 2.61 bits per heavy atom. The standard InChI is InChI=1S/C14H9BrClFO/c15-12-4-2-1-3-9(12)7-14(18)11-6-5-10(16)8-13(11)17/h1-6,8H,7H2. The molecule has 0 aromatic heterocycles. The summed E-state index contributed by atoms with van der Waals surface area (Å²) in [6.45, 7) is 0. The van der Waals surface area contributed by atoms with Crippen molar-refractivity contribution in [3.8, 4) is 0 Å². The van der Waals surface area contributed by atoms with E-state index in [2.05, 4.69) is 15.9 Å². The van der Waals surface area contributed by atoms with Crippen LogP contribution in [0.25, 0.3) is 0 Å². The van der Waals surface area contributed by atoms with Crippen LogP contribution >= 0.6 is 27.5 Å². The van der Waals surface area contributed by atoms with Crippen molar-refractivity contribution in [2.75, 3.05) is 0 Å². The molecule has 0 unspecified atom stereocenters. The van der Waals surface area contributed by atoms with E-state index in [1.165, 1.54) is 12.1 Å². The Balaban J connectivity index is 2.25. The lowest BCUT2D eigenvalue weighted by Gasteiger charge is -2.05. The van der Waals surface area contributed by atoms with Crippen LogP contribution in [0.15, 0.2) is 46.9 Å². The second-order valence-electron chi connectivity index (χ2n) is 3.82. The normalized spacial score (nSPS) is 10.4. The highest BCUT2D eigenvalue weighted by molar-refractivity contribution is 9.10. The molecule has 0 atom stereocenters. The highest BCUT2D eigenvalue weighted by atomic mass is 79.9. The number of hydrogen-bond donors (Lipinski definition) is 0. The second kappa shape index (κ2) is 5.63. The van der Waals surface area contributed by atoms with Crippen LogP contribution in [0.2, 0.25) is 5.02 Å². The summed E-state index contributed by atoms with van der Waals surface area (Å²) in [4.78, 5) is 12.0. The third kappa shape index (κ3) is 2.98. The van der Waals surface area contributed by atoms with Crippen LogP contribution in [0, 0.1) is 5.82 Å². The van der Waals surface area contributed by atoms with Gasteiger partial charge in [0.1, 0.15) is 5.82 Å². The van der Waals surface area contributed by atoms with E-state index >= 15 is 0 Å². The lowest BCUT2D eigenvalue weighted by molar-refractivity contribution is 0.0989. The summed E-state index contributed by atoms with van der Waals surface area (Å²) in [5.41, 5.74) is 0.895. The molecule has 0 spiro atoms. The predicted molar refractivity (Wildman–Crippen MR) is 73.6 cm³/mol. The summed E-state index contributed by atoms with van der Waals surface area (Å²) in [5.74, 6) is -0.851. The van der Waals surface area contributed by atoms with Gasteiger partial charge in [0.25, 0.3) is 0 Å². The quantitative estimate of drug-likeness (QED) is 0.749. The molecule has 2 rings (SSSR count). The van der Waals surface area contributed by atoms with Gasteiger partial charge in [-0.05, 0) is 29.8 Å². The van der Waals surface area contributed by atoms with Crippen LogP contribution in [0.5, 0.6) is 0 Å². The van der Waals surface area contributed by atoms with E-state index in [4.69, 9.17) is 11.6 Å². The summed E-state index contributed by atoms with van der Waals surface area (Å²) >= 11 is 9.01. The van der Waals surface area contributed by atoms with Crippen molar-refractivity contribution in [2.24, 2.45) is 0 Å². The first kappa shape index (κ1) is 13.2. The Labute approximate surface area is 118 Å². The van der Waals surface area contributed by atoms with Crippen molar-refractivity contribution in [1.82, 2.24) is 0 Å². The molecule has 2 aromatic carbocycles. The Kier molecular flexibility index (Phi) is 4.15. The molecule has 0 amide bonds. The van der Waals surface area contributed by atoms with E-state index in [0.29, 0.717) is 0 Å².